The Morgan fingerprint density at radius 2 is 2.17 bits per heavy atom. The minimum Gasteiger partial charge on any atom is -0.508 e. The van der Waals surface area contributed by atoms with Crippen molar-refractivity contribution in [2.24, 2.45) is 0 Å². The van der Waals surface area contributed by atoms with Crippen molar-refractivity contribution in [2.45, 2.75) is 13.5 Å². The number of halogens is 1. The van der Waals surface area contributed by atoms with Crippen LogP contribution in [-0.4, -0.2) is 11.0 Å². The molecule has 0 aliphatic carbocycles. The molecule has 0 atom stereocenters. The van der Waals surface area contributed by atoms with Crippen molar-refractivity contribution in [3.8, 4) is 5.75 Å². The van der Waals surface area contributed by atoms with Gasteiger partial charge in [0.15, 0.2) is 0 Å². The maximum atomic E-state index is 11.8. The second kappa shape index (κ2) is 5.14. The van der Waals surface area contributed by atoms with Crippen LogP contribution in [0.1, 0.15) is 21.9 Å². The van der Waals surface area contributed by atoms with Gasteiger partial charge >= 0.3 is 0 Å². The molecule has 0 saturated heterocycles. The number of benzene rings is 1. The minimum absolute atomic E-state index is 0.00149. The molecule has 94 valence electrons. The molecular weight excluding hydrogens is 254 g/mol. The summed E-state index contributed by atoms with van der Waals surface area (Å²) >= 11 is 5.88. The summed E-state index contributed by atoms with van der Waals surface area (Å²) in [6.07, 6.45) is 0. The van der Waals surface area contributed by atoms with E-state index in [9.17, 15) is 9.90 Å². The average Bonchev–Trinajstić information content (AvgIpc) is 2.75. The first-order valence-electron chi connectivity index (χ1n) is 5.38. The summed E-state index contributed by atoms with van der Waals surface area (Å²) in [5, 5.41) is 12.3. The largest absolute Gasteiger partial charge is 0.508 e. The van der Waals surface area contributed by atoms with Gasteiger partial charge in [0.1, 0.15) is 17.3 Å². The average molecular weight is 266 g/mol. The van der Waals surface area contributed by atoms with Crippen LogP contribution in [0.5, 0.6) is 5.75 Å². The third-order valence-corrected chi connectivity index (χ3v) is 2.74. The number of amides is 1. The van der Waals surface area contributed by atoms with Gasteiger partial charge in [-0.2, -0.15) is 0 Å². The zero-order chi connectivity index (χ0) is 13.1. The molecule has 1 heterocycles. The summed E-state index contributed by atoms with van der Waals surface area (Å²) in [5.41, 5.74) is 0.236. The fourth-order valence-corrected chi connectivity index (χ4v) is 1.73. The van der Waals surface area contributed by atoms with Crippen molar-refractivity contribution in [1.29, 1.82) is 0 Å². The van der Waals surface area contributed by atoms with E-state index < -0.39 is 0 Å². The van der Waals surface area contributed by atoms with E-state index in [1.807, 2.05) is 13.0 Å². The van der Waals surface area contributed by atoms with Gasteiger partial charge in [0.25, 0.3) is 5.91 Å². The molecule has 2 N–H and O–H groups in total. The first-order chi connectivity index (χ1) is 8.56. The first kappa shape index (κ1) is 12.5. The minimum atomic E-state index is -0.357. The van der Waals surface area contributed by atoms with Crippen LogP contribution >= 0.6 is 11.6 Å². The zero-order valence-corrected chi connectivity index (χ0v) is 10.5. The number of phenols is 1. The van der Waals surface area contributed by atoms with Gasteiger partial charge in [-0.15, -0.1) is 0 Å². The lowest BCUT2D eigenvalue weighted by Crippen LogP contribution is -2.22. The van der Waals surface area contributed by atoms with Crippen molar-refractivity contribution in [3.63, 3.8) is 0 Å². The Hall–Kier alpha value is -1.94. The van der Waals surface area contributed by atoms with Gasteiger partial charge in [-0.1, -0.05) is 11.6 Å². The second-order valence-electron chi connectivity index (χ2n) is 3.86. The molecule has 1 amide bonds. The topological polar surface area (TPSA) is 62.5 Å². The van der Waals surface area contributed by atoms with Crippen LogP contribution in [0.15, 0.2) is 34.7 Å². The molecule has 0 unspecified atom stereocenters. The summed E-state index contributed by atoms with van der Waals surface area (Å²) in [6, 6.07) is 7.84. The fourth-order valence-electron chi connectivity index (χ4n) is 1.53. The summed E-state index contributed by atoms with van der Waals surface area (Å²) in [6.45, 7) is 2.11. The number of furan rings is 1. The maximum Gasteiger partial charge on any atom is 0.253 e. The Morgan fingerprint density at radius 1 is 1.39 bits per heavy atom. The quantitative estimate of drug-likeness (QED) is 0.897. The molecule has 0 bridgehead atoms. The lowest BCUT2D eigenvalue weighted by Gasteiger charge is -2.05. The van der Waals surface area contributed by atoms with E-state index >= 15 is 0 Å². The van der Waals surface area contributed by atoms with E-state index in [0.717, 1.165) is 5.76 Å². The highest BCUT2D eigenvalue weighted by Gasteiger charge is 2.11. The van der Waals surface area contributed by atoms with E-state index in [0.29, 0.717) is 10.8 Å². The number of aryl methyl sites for hydroxylation is 1. The van der Waals surface area contributed by atoms with Gasteiger partial charge in [0.2, 0.25) is 0 Å². The number of carbonyl (C=O) groups is 1. The van der Waals surface area contributed by atoms with E-state index in [4.69, 9.17) is 16.0 Å². The van der Waals surface area contributed by atoms with E-state index in [-0.39, 0.29) is 23.8 Å². The predicted molar refractivity (Wildman–Crippen MR) is 67.7 cm³/mol. The van der Waals surface area contributed by atoms with Gasteiger partial charge in [0.05, 0.1) is 17.1 Å². The Labute approximate surface area is 109 Å². The van der Waals surface area contributed by atoms with Crippen molar-refractivity contribution in [3.05, 3.63) is 52.4 Å². The van der Waals surface area contributed by atoms with Crippen LogP contribution in [0, 0.1) is 6.92 Å². The molecule has 0 radical (unpaired) electrons. The van der Waals surface area contributed by atoms with Crippen molar-refractivity contribution in [1.82, 2.24) is 5.32 Å². The van der Waals surface area contributed by atoms with Crippen LogP contribution in [0.2, 0.25) is 5.02 Å². The monoisotopic (exact) mass is 265 g/mol. The Balaban J connectivity index is 2.05. The molecule has 2 aromatic rings. The molecule has 18 heavy (non-hydrogen) atoms. The van der Waals surface area contributed by atoms with Crippen LogP contribution in [0.25, 0.3) is 0 Å². The third kappa shape index (κ3) is 2.84. The van der Waals surface area contributed by atoms with Crippen molar-refractivity contribution in [2.75, 3.05) is 0 Å². The SMILES string of the molecule is Cc1ccc(CNC(=O)c2cc(O)ccc2Cl)o1. The number of carbonyl (C=O) groups excluding carboxylic acids is 1. The van der Waals surface area contributed by atoms with Crippen LogP contribution in [-0.2, 0) is 6.54 Å². The smallest absolute Gasteiger partial charge is 0.253 e. The van der Waals surface area contributed by atoms with Gasteiger partial charge in [0, 0.05) is 0 Å². The predicted octanol–water partition coefficient (Wildman–Crippen LogP) is 2.88. The van der Waals surface area contributed by atoms with Gasteiger partial charge in [-0.3, -0.25) is 4.79 Å². The molecule has 1 aromatic heterocycles. The van der Waals surface area contributed by atoms with Crippen LogP contribution in [0.4, 0.5) is 0 Å². The highest BCUT2D eigenvalue weighted by atomic mass is 35.5. The van der Waals surface area contributed by atoms with E-state index in [1.165, 1.54) is 18.2 Å². The molecule has 0 spiro atoms. The fraction of sp³-hybridized carbons (Fsp3) is 0.154. The Kier molecular flexibility index (Phi) is 3.58. The standard InChI is InChI=1S/C13H12ClNO3/c1-8-2-4-10(18-8)7-15-13(17)11-6-9(16)3-5-12(11)14/h2-6,16H,7H2,1H3,(H,15,17). The van der Waals surface area contributed by atoms with Crippen molar-refractivity contribution >= 4 is 17.5 Å². The lowest BCUT2D eigenvalue weighted by atomic mass is 10.2. The highest BCUT2D eigenvalue weighted by molar-refractivity contribution is 6.33. The normalized spacial score (nSPS) is 10.3. The number of hydrogen-bond donors (Lipinski definition) is 2. The molecule has 0 aliphatic rings. The van der Waals surface area contributed by atoms with Crippen molar-refractivity contribution < 1.29 is 14.3 Å². The van der Waals surface area contributed by atoms with Gasteiger partial charge < -0.3 is 14.8 Å². The number of hydrogen-bond acceptors (Lipinski definition) is 3. The molecule has 0 saturated carbocycles. The zero-order valence-electron chi connectivity index (χ0n) is 9.74. The van der Waals surface area contributed by atoms with E-state index in [2.05, 4.69) is 5.32 Å². The molecule has 2 rings (SSSR count). The first-order valence-corrected chi connectivity index (χ1v) is 5.76. The number of phenolic OH excluding ortho intramolecular Hbond substituents is 1. The highest BCUT2D eigenvalue weighted by Crippen LogP contribution is 2.21. The number of nitrogens with one attached hydrogen (secondary N) is 1. The lowest BCUT2D eigenvalue weighted by molar-refractivity contribution is 0.0947. The maximum absolute atomic E-state index is 11.8. The van der Waals surface area contributed by atoms with Crippen LogP contribution < -0.4 is 5.32 Å². The molecule has 0 fully saturated rings. The molecule has 1 aromatic carbocycles. The molecule has 5 heteroatoms. The Bertz CT molecular complexity index is 577. The van der Waals surface area contributed by atoms with Gasteiger partial charge in [-0.05, 0) is 37.3 Å². The van der Waals surface area contributed by atoms with Gasteiger partial charge in [-0.25, -0.2) is 0 Å². The Morgan fingerprint density at radius 3 is 2.83 bits per heavy atom. The number of aromatic hydroxyl groups is 1. The summed E-state index contributed by atoms with van der Waals surface area (Å²) < 4.78 is 5.33. The molecular formula is C13H12ClNO3. The number of rotatable bonds is 3. The third-order valence-electron chi connectivity index (χ3n) is 2.41. The second-order valence-corrected chi connectivity index (χ2v) is 4.27. The summed E-state index contributed by atoms with van der Waals surface area (Å²) in [4.78, 5) is 11.8. The molecule has 4 nitrogen and oxygen atoms in total. The summed E-state index contributed by atoms with van der Waals surface area (Å²) in [7, 11) is 0. The van der Waals surface area contributed by atoms with Crippen LogP contribution in [0.3, 0.4) is 0 Å². The van der Waals surface area contributed by atoms with E-state index in [1.54, 1.807) is 6.07 Å². The molecule has 0 aliphatic heterocycles. The summed E-state index contributed by atoms with van der Waals surface area (Å²) in [5.74, 6) is 1.09.